The van der Waals surface area contributed by atoms with Crippen LogP contribution in [-0.4, -0.2) is 4.98 Å². The predicted molar refractivity (Wildman–Crippen MR) is 144 cm³/mol. The van der Waals surface area contributed by atoms with E-state index in [-0.39, 0.29) is 11.7 Å². The van der Waals surface area contributed by atoms with Crippen molar-refractivity contribution in [1.29, 1.82) is 0 Å². The van der Waals surface area contributed by atoms with Crippen molar-refractivity contribution in [3.63, 3.8) is 0 Å². The monoisotopic (exact) mass is 475 g/mol. The smallest absolute Gasteiger partial charge is 0.253 e. The first kappa shape index (κ1) is 23.1. The third-order valence-corrected chi connectivity index (χ3v) is 5.98. The SMILES string of the molecule is C[C@@H](Nc1c(Nc2ccnc(-c3cccc(OCc4ccccc4)c3)c2)c(=O)c1=O)c1ccccc1. The second-order valence-electron chi connectivity index (χ2n) is 8.54. The van der Waals surface area contributed by atoms with E-state index in [0.717, 1.165) is 28.1 Å². The van der Waals surface area contributed by atoms with Gasteiger partial charge in [0.2, 0.25) is 0 Å². The summed E-state index contributed by atoms with van der Waals surface area (Å²) >= 11 is 0. The highest BCUT2D eigenvalue weighted by Gasteiger charge is 2.23. The Bertz CT molecular complexity index is 1540. The number of hydrogen-bond donors (Lipinski definition) is 2. The van der Waals surface area contributed by atoms with E-state index in [2.05, 4.69) is 15.6 Å². The Hall–Kier alpha value is -4.71. The summed E-state index contributed by atoms with van der Waals surface area (Å²) in [7, 11) is 0. The number of pyridine rings is 1. The van der Waals surface area contributed by atoms with Crippen LogP contribution in [0.3, 0.4) is 0 Å². The van der Waals surface area contributed by atoms with Gasteiger partial charge in [-0.3, -0.25) is 14.6 Å². The summed E-state index contributed by atoms with van der Waals surface area (Å²) < 4.78 is 5.95. The molecule has 178 valence electrons. The summed E-state index contributed by atoms with van der Waals surface area (Å²) in [6.07, 6.45) is 1.67. The lowest BCUT2D eigenvalue weighted by atomic mass is 10.1. The molecule has 0 aliphatic heterocycles. The summed E-state index contributed by atoms with van der Waals surface area (Å²) in [4.78, 5) is 29.1. The molecule has 2 N–H and O–H groups in total. The van der Waals surface area contributed by atoms with Crippen molar-refractivity contribution in [3.05, 3.63) is 135 Å². The van der Waals surface area contributed by atoms with Crippen LogP contribution in [0, 0.1) is 0 Å². The third-order valence-electron chi connectivity index (χ3n) is 5.98. The number of benzene rings is 3. The van der Waals surface area contributed by atoms with Crippen LogP contribution >= 0.6 is 0 Å². The number of hydrogen-bond acceptors (Lipinski definition) is 6. The standard InChI is InChI=1S/C30H25N3O3/c1-20(22-11-6-3-7-12-22)32-27-28(30(35)29(27)34)33-24-15-16-31-26(18-24)23-13-8-14-25(17-23)36-19-21-9-4-2-5-10-21/h2-18,20,32H,19H2,1H3,(H,31,33)/t20-/m1/s1. The first-order chi connectivity index (χ1) is 17.6. The number of nitrogens with zero attached hydrogens (tertiary/aromatic N) is 1. The molecule has 0 amide bonds. The Balaban J connectivity index is 1.32. The molecule has 5 aromatic rings. The van der Waals surface area contributed by atoms with E-state index in [1.165, 1.54) is 0 Å². The molecule has 6 nitrogen and oxygen atoms in total. The van der Waals surface area contributed by atoms with Gasteiger partial charge in [0.25, 0.3) is 10.9 Å². The van der Waals surface area contributed by atoms with Gasteiger partial charge >= 0.3 is 0 Å². The Morgan fingerprint density at radius 1 is 0.806 bits per heavy atom. The van der Waals surface area contributed by atoms with E-state index < -0.39 is 10.9 Å². The number of ether oxygens (including phenoxy) is 1. The van der Waals surface area contributed by atoms with Gasteiger partial charge in [-0.25, -0.2) is 0 Å². The topological polar surface area (TPSA) is 80.3 Å². The van der Waals surface area contributed by atoms with Crippen LogP contribution in [0.4, 0.5) is 17.1 Å². The van der Waals surface area contributed by atoms with Crippen LogP contribution in [0.5, 0.6) is 5.75 Å². The van der Waals surface area contributed by atoms with Gasteiger partial charge in [-0.15, -0.1) is 0 Å². The summed E-state index contributed by atoms with van der Waals surface area (Å²) in [6, 6.07) is 30.9. The highest BCUT2D eigenvalue weighted by molar-refractivity contribution is 5.80. The fourth-order valence-electron chi connectivity index (χ4n) is 3.99. The lowest BCUT2D eigenvalue weighted by Crippen LogP contribution is -2.37. The molecule has 1 aromatic heterocycles. The molecular weight excluding hydrogens is 450 g/mol. The maximum Gasteiger partial charge on any atom is 0.253 e. The van der Waals surface area contributed by atoms with Gasteiger partial charge in [0.05, 0.1) is 5.69 Å². The maximum absolute atomic E-state index is 12.3. The van der Waals surface area contributed by atoms with Crippen LogP contribution in [0.15, 0.2) is 113 Å². The van der Waals surface area contributed by atoms with Crippen molar-refractivity contribution in [2.75, 3.05) is 10.6 Å². The Kier molecular flexibility index (Phi) is 6.58. The molecule has 0 unspecified atom stereocenters. The highest BCUT2D eigenvalue weighted by atomic mass is 16.5. The molecule has 6 heteroatoms. The first-order valence-electron chi connectivity index (χ1n) is 11.7. The summed E-state index contributed by atoms with van der Waals surface area (Å²) in [6.45, 7) is 2.42. The average molecular weight is 476 g/mol. The lowest BCUT2D eigenvalue weighted by molar-refractivity contribution is 0.306. The molecule has 1 heterocycles. The minimum absolute atomic E-state index is 0.123. The van der Waals surface area contributed by atoms with Crippen LogP contribution in [0.1, 0.15) is 24.1 Å². The van der Waals surface area contributed by atoms with Gasteiger partial charge in [-0.2, -0.15) is 0 Å². The fourth-order valence-corrected chi connectivity index (χ4v) is 3.99. The quantitative estimate of drug-likeness (QED) is 0.261. The fraction of sp³-hybridized carbons (Fsp3) is 0.100. The summed E-state index contributed by atoms with van der Waals surface area (Å²) in [5, 5.41) is 6.29. The zero-order chi connectivity index (χ0) is 24.9. The maximum atomic E-state index is 12.3. The number of rotatable bonds is 9. The van der Waals surface area contributed by atoms with E-state index in [1.807, 2.05) is 97.9 Å². The molecule has 0 radical (unpaired) electrons. The molecule has 4 aromatic carbocycles. The van der Waals surface area contributed by atoms with Crippen LogP contribution < -0.4 is 26.2 Å². The molecular formula is C30H25N3O3. The van der Waals surface area contributed by atoms with E-state index in [1.54, 1.807) is 12.3 Å². The van der Waals surface area contributed by atoms with Gasteiger partial charge < -0.3 is 15.4 Å². The van der Waals surface area contributed by atoms with Gasteiger partial charge in [0.1, 0.15) is 23.7 Å². The minimum Gasteiger partial charge on any atom is -0.489 e. The van der Waals surface area contributed by atoms with E-state index >= 15 is 0 Å². The Labute approximate surface area is 208 Å². The normalized spacial score (nSPS) is 11.7. The van der Waals surface area contributed by atoms with E-state index in [4.69, 9.17) is 4.74 Å². The summed E-state index contributed by atoms with van der Waals surface area (Å²) in [5.74, 6) is 0.736. The Morgan fingerprint density at radius 2 is 1.53 bits per heavy atom. The minimum atomic E-state index is -0.535. The first-order valence-corrected chi connectivity index (χ1v) is 11.7. The summed E-state index contributed by atoms with van der Waals surface area (Å²) in [5.41, 5.74) is 3.89. The Morgan fingerprint density at radius 3 is 2.31 bits per heavy atom. The number of anilines is 3. The van der Waals surface area contributed by atoms with E-state index in [9.17, 15) is 9.59 Å². The van der Waals surface area contributed by atoms with Gasteiger partial charge in [0.15, 0.2) is 0 Å². The number of aromatic nitrogens is 1. The molecule has 0 saturated carbocycles. The predicted octanol–water partition coefficient (Wildman–Crippen LogP) is 5.84. The molecule has 0 aliphatic carbocycles. The van der Waals surface area contributed by atoms with Gasteiger partial charge in [0, 0.05) is 23.5 Å². The zero-order valence-corrected chi connectivity index (χ0v) is 19.8. The van der Waals surface area contributed by atoms with Gasteiger partial charge in [-0.1, -0.05) is 72.8 Å². The van der Waals surface area contributed by atoms with Crippen molar-refractivity contribution in [3.8, 4) is 17.0 Å². The van der Waals surface area contributed by atoms with Gasteiger partial charge in [-0.05, 0) is 42.3 Å². The van der Waals surface area contributed by atoms with Crippen molar-refractivity contribution in [2.45, 2.75) is 19.6 Å². The van der Waals surface area contributed by atoms with Crippen LogP contribution in [-0.2, 0) is 6.61 Å². The second-order valence-corrected chi connectivity index (χ2v) is 8.54. The van der Waals surface area contributed by atoms with Crippen molar-refractivity contribution in [1.82, 2.24) is 4.98 Å². The molecule has 0 fully saturated rings. The van der Waals surface area contributed by atoms with Crippen LogP contribution in [0.25, 0.3) is 11.3 Å². The van der Waals surface area contributed by atoms with Crippen molar-refractivity contribution < 1.29 is 4.74 Å². The second kappa shape index (κ2) is 10.3. The third kappa shape index (κ3) is 5.03. The molecule has 36 heavy (non-hydrogen) atoms. The average Bonchev–Trinajstić information content (AvgIpc) is 2.95. The van der Waals surface area contributed by atoms with Crippen LogP contribution in [0.2, 0.25) is 0 Å². The largest absolute Gasteiger partial charge is 0.489 e. The zero-order valence-electron chi connectivity index (χ0n) is 19.8. The van der Waals surface area contributed by atoms with Crippen molar-refractivity contribution in [2.24, 2.45) is 0 Å². The molecule has 1 atom stereocenters. The molecule has 5 rings (SSSR count). The molecule has 0 spiro atoms. The molecule has 0 bridgehead atoms. The number of nitrogens with one attached hydrogen (secondary N) is 2. The molecule has 0 saturated heterocycles. The molecule has 0 aliphatic rings. The van der Waals surface area contributed by atoms with Crippen molar-refractivity contribution >= 4 is 17.1 Å². The highest BCUT2D eigenvalue weighted by Crippen LogP contribution is 2.28. The van der Waals surface area contributed by atoms with E-state index in [0.29, 0.717) is 18.0 Å². The lowest BCUT2D eigenvalue weighted by Gasteiger charge is -2.20.